The van der Waals surface area contributed by atoms with Gasteiger partial charge < -0.3 is 20.5 Å². The van der Waals surface area contributed by atoms with Crippen molar-refractivity contribution in [3.63, 3.8) is 0 Å². The van der Waals surface area contributed by atoms with Gasteiger partial charge in [-0.2, -0.15) is 5.26 Å². The van der Waals surface area contributed by atoms with Crippen molar-refractivity contribution in [2.75, 3.05) is 30.4 Å². The molecule has 28 heavy (non-hydrogen) atoms. The Bertz CT molecular complexity index is 1050. The first-order valence-corrected chi connectivity index (χ1v) is 9.60. The number of ether oxygens (including phenoxy) is 1. The number of hydrogen-bond acceptors (Lipinski definition) is 8. The van der Waals surface area contributed by atoms with Crippen LogP contribution >= 0.6 is 11.3 Å². The number of thiazole rings is 1. The maximum atomic E-state index is 12.6. The van der Waals surface area contributed by atoms with E-state index in [0.717, 1.165) is 22.7 Å². The third-order valence-corrected chi connectivity index (χ3v) is 4.83. The second kappa shape index (κ2) is 10.3. The van der Waals surface area contributed by atoms with E-state index in [9.17, 15) is 14.9 Å². The number of carbonyl (C=O) groups excluding carboxylic acids is 1. The molecular weight excluding hydrogens is 380 g/mol. The highest BCUT2D eigenvalue weighted by molar-refractivity contribution is 7.07. The summed E-state index contributed by atoms with van der Waals surface area (Å²) in [6, 6.07) is 9.22. The largest absolute Gasteiger partial charge is 0.462 e. The number of aliphatic hydroxyl groups excluding tert-OH is 1. The third-order valence-electron chi connectivity index (χ3n) is 3.70. The molecule has 0 amide bonds. The van der Waals surface area contributed by atoms with Crippen LogP contribution in [-0.2, 0) is 16.1 Å². The molecule has 9 heteroatoms. The normalized spacial score (nSPS) is 12.3. The Balaban J connectivity index is 2.45. The van der Waals surface area contributed by atoms with Crippen LogP contribution < -0.4 is 25.4 Å². The Morgan fingerprint density at radius 1 is 1.39 bits per heavy atom. The van der Waals surface area contributed by atoms with Gasteiger partial charge in [0.1, 0.15) is 15.3 Å². The van der Waals surface area contributed by atoms with Crippen molar-refractivity contribution in [1.29, 1.82) is 5.26 Å². The van der Waals surface area contributed by atoms with Gasteiger partial charge in [0, 0.05) is 30.7 Å². The fourth-order valence-electron chi connectivity index (χ4n) is 2.44. The molecule has 0 saturated carbocycles. The molecule has 8 nitrogen and oxygen atoms in total. The molecule has 0 atom stereocenters. The van der Waals surface area contributed by atoms with Crippen molar-refractivity contribution in [3.05, 3.63) is 43.8 Å². The van der Waals surface area contributed by atoms with Crippen molar-refractivity contribution >= 4 is 40.5 Å². The highest BCUT2D eigenvalue weighted by atomic mass is 32.1. The lowest BCUT2D eigenvalue weighted by molar-refractivity contribution is -0.136. The molecule has 1 aromatic heterocycles. The molecule has 2 rings (SSSR count). The van der Waals surface area contributed by atoms with E-state index in [1.807, 2.05) is 30.3 Å². The van der Waals surface area contributed by atoms with Gasteiger partial charge in [-0.15, -0.1) is 11.3 Å². The standard InChI is InChI=1S/C19H22N4O4S/c1-3-23-17(25)16(28-18(23)15(11-20)19(26)27-4-2)12-22-14-7-5-6-13(10-14)21-8-9-24/h5-7,10,12,21-22,24H,3-4,8-9H2,1-2H3. The van der Waals surface area contributed by atoms with Gasteiger partial charge in [-0.05, 0) is 32.0 Å². The molecule has 0 unspecified atom stereocenters. The van der Waals surface area contributed by atoms with Gasteiger partial charge in [-0.1, -0.05) is 6.07 Å². The van der Waals surface area contributed by atoms with E-state index >= 15 is 0 Å². The number of nitrogens with zero attached hydrogens (tertiary/aromatic N) is 2. The predicted octanol–water partition coefficient (Wildman–Crippen LogP) is 0.421. The van der Waals surface area contributed by atoms with E-state index in [2.05, 4.69) is 10.6 Å². The molecule has 148 valence electrons. The van der Waals surface area contributed by atoms with Crippen LogP contribution in [-0.4, -0.2) is 35.4 Å². The van der Waals surface area contributed by atoms with Crippen LogP contribution in [0.4, 0.5) is 11.4 Å². The van der Waals surface area contributed by atoms with Crippen LogP contribution in [0, 0.1) is 11.3 Å². The Morgan fingerprint density at radius 2 is 2.14 bits per heavy atom. The maximum absolute atomic E-state index is 12.6. The fourth-order valence-corrected chi connectivity index (χ4v) is 3.52. The highest BCUT2D eigenvalue weighted by Crippen LogP contribution is 2.14. The topological polar surface area (TPSA) is 116 Å². The molecule has 0 bridgehead atoms. The van der Waals surface area contributed by atoms with E-state index in [-0.39, 0.29) is 29.0 Å². The molecule has 0 aliphatic heterocycles. The van der Waals surface area contributed by atoms with Crippen molar-refractivity contribution in [3.8, 4) is 6.07 Å². The number of aliphatic hydroxyl groups is 1. The number of nitrogens with one attached hydrogen (secondary N) is 2. The lowest BCUT2D eigenvalue weighted by atomic mass is 10.3. The number of aromatic nitrogens is 1. The van der Waals surface area contributed by atoms with Crippen LogP contribution in [0.15, 0.2) is 29.1 Å². The lowest BCUT2D eigenvalue weighted by Crippen LogP contribution is -2.32. The van der Waals surface area contributed by atoms with Crippen LogP contribution in [0.5, 0.6) is 0 Å². The minimum absolute atomic E-state index is 0.0243. The summed E-state index contributed by atoms with van der Waals surface area (Å²) in [5, 5.41) is 24.4. The number of rotatable bonds is 8. The summed E-state index contributed by atoms with van der Waals surface area (Å²) in [6.45, 7) is 4.35. The molecule has 0 saturated heterocycles. The Labute approximate surface area is 166 Å². The summed E-state index contributed by atoms with van der Waals surface area (Å²) in [5.74, 6) is -0.740. The maximum Gasteiger partial charge on any atom is 0.351 e. The van der Waals surface area contributed by atoms with Crippen LogP contribution in [0.25, 0.3) is 11.8 Å². The van der Waals surface area contributed by atoms with Crippen molar-refractivity contribution in [2.45, 2.75) is 20.4 Å². The van der Waals surface area contributed by atoms with Gasteiger partial charge in [-0.25, -0.2) is 4.79 Å². The Kier molecular flexibility index (Phi) is 7.80. The summed E-state index contributed by atoms with van der Waals surface area (Å²) in [5.41, 5.74) is 1.10. The fraction of sp³-hybridized carbons (Fsp3) is 0.316. The molecule has 0 spiro atoms. The lowest BCUT2D eigenvalue weighted by Gasteiger charge is -2.06. The van der Waals surface area contributed by atoms with Gasteiger partial charge >= 0.3 is 5.97 Å². The smallest absolute Gasteiger partial charge is 0.351 e. The molecular formula is C19H22N4O4S. The summed E-state index contributed by atoms with van der Waals surface area (Å²) < 4.78 is 6.94. The zero-order chi connectivity index (χ0) is 20.5. The first-order valence-electron chi connectivity index (χ1n) is 8.78. The average molecular weight is 402 g/mol. The second-order valence-electron chi connectivity index (χ2n) is 5.55. The first-order chi connectivity index (χ1) is 13.5. The number of benzene rings is 1. The van der Waals surface area contributed by atoms with Crippen LogP contribution in [0.2, 0.25) is 0 Å². The molecule has 0 aliphatic rings. The van der Waals surface area contributed by atoms with Gasteiger partial charge in [0.25, 0.3) is 5.56 Å². The summed E-state index contributed by atoms with van der Waals surface area (Å²) in [7, 11) is 0. The van der Waals surface area contributed by atoms with E-state index in [4.69, 9.17) is 9.84 Å². The van der Waals surface area contributed by atoms with Crippen molar-refractivity contribution < 1.29 is 14.6 Å². The Morgan fingerprint density at radius 3 is 2.79 bits per heavy atom. The minimum atomic E-state index is -0.740. The van der Waals surface area contributed by atoms with E-state index in [0.29, 0.717) is 17.6 Å². The molecule has 1 aromatic carbocycles. The van der Waals surface area contributed by atoms with E-state index in [1.54, 1.807) is 20.0 Å². The number of esters is 1. The summed E-state index contributed by atoms with van der Waals surface area (Å²) >= 11 is 1.06. The second-order valence-corrected chi connectivity index (χ2v) is 6.58. The number of nitriles is 1. The van der Waals surface area contributed by atoms with Gasteiger partial charge in [0.05, 0.1) is 13.2 Å². The van der Waals surface area contributed by atoms with Crippen molar-refractivity contribution in [1.82, 2.24) is 4.57 Å². The highest BCUT2D eigenvalue weighted by Gasteiger charge is 2.16. The first kappa shape index (κ1) is 21.2. The Hall–Kier alpha value is -3.09. The molecule has 0 aliphatic carbocycles. The number of hydrogen-bond donors (Lipinski definition) is 3. The minimum Gasteiger partial charge on any atom is -0.462 e. The van der Waals surface area contributed by atoms with Gasteiger partial charge in [0.2, 0.25) is 0 Å². The van der Waals surface area contributed by atoms with E-state index < -0.39 is 5.97 Å². The van der Waals surface area contributed by atoms with Gasteiger partial charge in [0.15, 0.2) is 5.57 Å². The van der Waals surface area contributed by atoms with Crippen molar-refractivity contribution in [2.24, 2.45) is 0 Å². The number of carbonyl (C=O) groups is 1. The van der Waals surface area contributed by atoms with Crippen LogP contribution in [0.3, 0.4) is 0 Å². The molecule has 0 radical (unpaired) electrons. The SMILES string of the molecule is CCOC(=O)C(C#N)=c1sc(=CNc2cccc(NCCO)c2)c(=O)n1CC. The monoisotopic (exact) mass is 402 g/mol. The molecule has 1 heterocycles. The van der Waals surface area contributed by atoms with Gasteiger partial charge in [-0.3, -0.25) is 9.36 Å². The molecule has 2 aromatic rings. The quantitative estimate of drug-likeness (QED) is 0.548. The number of anilines is 2. The average Bonchev–Trinajstić information content (AvgIpc) is 3.01. The van der Waals surface area contributed by atoms with Crippen LogP contribution in [0.1, 0.15) is 13.8 Å². The zero-order valence-corrected chi connectivity index (χ0v) is 16.5. The van der Waals surface area contributed by atoms with E-state index in [1.165, 1.54) is 4.57 Å². The third kappa shape index (κ3) is 5.00. The molecule has 0 fully saturated rings. The predicted molar refractivity (Wildman–Crippen MR) is 109 cm³/mol. The zero-order valence-electron chi connectivity index (χ0n) is 15.7. The summed E-state index contributed by atoms with van der Waals surface area (Å²) in [4.78, 5) is 24.7. The summed E-state index contributed by atoms with van der Waals surface area (Å²) in [6.07, 6.45) is 1.55. The molecule has 3 N–H and O–H groups in total.